The Labute approximate surface area is 153 Å². The van der Waals surface area contributed by atoms with E-state index in [2.05, 4.69) is 21.8 Å². The zero-order valence-electron chi connectivity index (χ0n) is 14.4. The summed E-state index contributed by atoms with van der Waals surface area (Å²) < 4.78 is 39.3. The van der Waals surface area contributed by atoms with Crippen molar-refractivity contribution >= 4 is 15.7 Å². The van der Waals surface area contributed by atoms with Crippen molar-refractivity contribution in [1.29, 1.82) is 0 Å². The van der Waals surface area contributed by atoms with Crippen LogP contribution in [0.3, 0.4) is 0 Å². The molecule has 2 aliphatic heterocycles. The number of benzene rings is 2. The Morgan fingerprint density at radius 3 is 2.69 bits per heavy atom. The lowest BCUT2D eigenvalue weighted by Crippen LogP contribution is -2.31. The monoisotopic (exact) mass is 374 g/mol. The third-order valence-electron chi connectivity index (χ3n) is 4.79. The Bertz CT molecular complexity index is 870. The fraction of sp³-hybridized carbons (Fsp3) is 0.368. The lowest BCUT2D eigenvalue weighted by molar-refractivity contribution is 0.167. The molecule has 1 fully saturated rings. The maximum Gasteiger partial charge on any atom is 0.244 e. The lowest BCUT2D eigenvalue weighted by atomic mass is 10.1. The Morgan fingerprint density at radius 2 is 1.85 bits per heavy atom. The fourth-order valence-corrected chi connectivity index (χ4v) is 4.71. The minimum absolute atomic E-state index is 0.146. The topological polar surface area (TPSA) is 67.9 Å². The molecule has 1 N–H and O–H groups in total. The highest BCUT2D eigenvalue weighted by Gasteiger charge is 2.28. The van der Waals surface area contributed by atoms with Gasteiger partial charge in [-0.15, -0.1) is 0 Å². The molecule has 2 aliphatic rings. The third-order valence-corrected chi connectivity index (χ3v) is 6.24. The van der Waals surface area contributed by atoms with E-state index in [1.165, 1.54) is 5.69 Å². The van der Waals surface area contributed by atoms with Crippen LogP contribution >= 0.6 is 0 Å². The smallest absolute Gasteiger partial charge is 0.244 e. The van der Waals surface area contributed by atoms with E-state index in [9.17, 15) is 8.42 Å². The summed E-state index contributed by atoms with van der Waals surface area (Å²) in [5, 5.41) is 0. The van der Waals surface area contributed by atoms with Crippen LogP contribution in [0.5, 0.6) is 11.5 Å². The van der Waals surface area contributed by atoms with Gasteiger partial charge in [-0.05, 0) is 36.6 Å². The Hall–Kier alpha value is -2.25. The van der Waals surface area contributed by atoms with Crippen molar-refractivity contribution in [2.24, 2.45) is 5.92 Å². The summed E-state index contributed by atoms with van der Waals surface area (Å²) in [5.74, 6) is 1.07. The van der Waals surface area contributed by atoms with Gasteiger partial charge in [-0.3, -0.25) is 0 Å². The lowest BCUT2D eigenvalue weighted by Gasteiger charge is -2.21. The maximum atomic E-state index is 12.8. The van der Waals surface area contributed by atoms with Crippen molar-refractivity contribution in [3.63, 3.8) is 0 Å². The molecule has 138 valence electrons. The van der Waals surface area contributed by atoms with E-state index in [1.807, 2.05) is 18.2 Å². The molecule has 0 radical (unpaired) electrons. The molecule has 2 aromatic carbocycles. The number of anilines is 1. The second-order valence-corrected chi connectivity index (χ2v) is 8.30. The summed E-state index contributed by atoms with van der Waals surface area (Å²) in [6, 6.07) is 15.2. The standard InChI is InChI=1S/C19H22N2O4S/c22-26(23,18-8-4-7-17-19(18)25-12-11-24-17)20-13-15-9-10-21(14-15)16-5-2-1-3-6-16/h1-8,15,20H,9-14H2/t15-/m1/s1. The molecule has 1 saturated heterocycles. The third kappa shape index (κ3) is 3.50. The Balaban J connectivity index is 1.42. The number of sulfonamides is 1. The number of para-hydroxylation sites is 2. The van der Waals surface area contributed by atoms with Gasteiger partial charge < -0.3 is 14.4 Å². The van der Waals surface area contributed by atoms with Crippen molar-refractivity contribution in [3.8, 4) is 11.5 Å². The van der Waals surface area contributed by atoms with Crippen LogP contribution in [0.2, 0.25) is 0 Å². The number of nitrogens with one attached hydrogen (secondary N) is 1. The average Bonchev–Trinajstić information content (AvgIpc) is 3.16. The maximum absolute atomic E-state index is 12.8. The minimum Gasteiger partial charge on any atom is -0.486 e. The highest BCUT2D eigenvalue weighted by Crippen LogP contribution is 2.36. The van der Waals surface area contributed by atoms with E-state index in [0.717, 1.165) is 19.5 Å². The molecule has 0 aliphatic carbocycles. The first kappa shape index (κ1) is 17.2. The Morgan fingerprint density at radius 1 is 1.04 bits per heavy atom. The molecule has 7 heteroatoms. The number of fused-ring (bicyclic) bond motifs is 1. The molecule has 1 atom stereocenters. The highest BCUT2D eigenvalue weighted by atomic mass is 32.2. The number of nitrogens with zero attached hydrogens (tertiary/aromatic N) is 1. The van der Waals surface area contributed by atoms with Crippen LogP contribution in [0, 0.1) is 5.92 Å². The summed E-state index contributed by atoms with van der Waals surface area (Å²) in [5.41, 5.74) is 1.18. The molecular weight excluding hydrogens is 352 g/mol. The van der Waals surface area contributed by atoms with E-state index >= 15 is 0 Å². The van der Waals surface area contributed by atoms with Crippen LogP contribution in [-0.2, 0) is 10.0 Å². The quantitative estimate of drug-likeness (QED) is 0.870. The predicted octanol–water partition coefficient (Wildman–Crippen LogP) is 2.26. The molecule has 0 bridgehead atoms. The first-order chi connectivity index (χ1) is 12.6. The number of hydrogen-bond donors (Lipinski definition) is 1. The van der Waals surface area contributed by atoms with Gasteiger partial charge in [-0.2, -0.15) is 0 Å². The number of hydrogen-bond acceptors (Lipinski definition) is 5. The summed E-state index contributed by atoms with van der Waals surface area (Å²) >= 11 is 0. The van der Waals surface area contributed by atoms with Gasteiger partial charge in [0.25, 0.3) is 0 Å². The molecule has 2 heterocycles. The summed E-state index contributed by atoms with van der Waals surface area (Å²) in [6.07, 6.45) is 0.962. The van der Waals surface area contributed by atoms with E-state index < -0.39 is 10.0 Å². The molecule has 26 heavy (non-hydrogen) atoms. The molecule has 2 aromatic rings. The van der Waals surface area contributed by atoms with E-state index in [-0.39, 0.29) is 10.8 Å². The van der Waals surface area contributed by atoms with Crippen molar-refractivity contribution in [1.82, 2.24) is 4.72 Å². The van der Waals surface area contributed by atoms with Gasteiger partial charge in [0.15, 0.2) is 11.5 Å². The summed E-state index contributed by atoms with van der Waals surface area (Å²) in [6.45, 7) is 2.98. The first-order valence-corrected chi connectivity index (χ1v) is 10.3. The normalized spacial score (nSPS) is 19.5. The molecule has 6 nitrogen and oxygen atoms in total. The molecule has 0 saturated carbocycles. The van der Waals surface area contributed by atoms with Crippen LogP contribution in [0.15, 0.2) is 53.4 Å². The van der Waals surface area contributed by atoms with Crippen LogP contribution in [-0.4, -0.2) is 41.3 Å². The van der Waals surface area contributed by atoms with E-state index in [1.54, 1.807) is 18.2 Å². The Kier molecular flexibility index (Phi) is 4.74. The largest absolute Gasteiger partial charge is 0.486 e. The van der Waals surface area contributed by atoms with Crippen molar-refractivity contribution < 1.29 is 17.9 Å². The van der Waals surface area contributed by atoms with Crippen LogP contribution in [0.4, 0.5) is 5.69 Å². The van der Waals surface area contributed by atoms with Gasteiger partial charge in [0, 0.05) is 25.3 Å². The van der Waals surface area contributed by atoms with Gasteiger partial charge in [0.1, 0.15) is 18.1 Å². The average molecular weight is 374 g/mol. The van der Waals surface area contributed by atoms with Crippen molar-refractivity contribution in [3.05, 3.63) is 48.5 Å². The zero-order valence-corrected chi connectivity index (χ0v) is 15.2. The second-order valence-electron chi connectivity index (χ2n) is 6.57. The van der Waals surface area contributed by atoms with E-state index in [0.29, 0.717) is 31.3 Å². The molecule has 0 amide bonds. The zero-order chi connectivity index (χ0) is 18.0. The van der Waals surface area contributed by atoms with Gasteiger partial charge >= 0.3 is 0 Å². The number of rotatable bonds is 5. The van der Waals surface area contributed by atoms with Gasteiger partial charge in [-0.25, -0.2) is 13.1 Å². The molecule has 4 rings (SSSR count). The SMILES string of the molecule is O=S(=O)(NC[C@H]1CCN(c2ccccc2)C1)c1cccc2c1OCCO2. The summed E-state index contributed by atoms with van der Waals surface area (Å²) in [4.78, 5) is 2.44. The highest BCUT2D eigenvalue weighted by molar-refractivity contribution is 7.89. The van der Waals surface area contributed by atoms with Crippen LogP contribution in [0.1, 0.15) is 6.42 Å². The molecule has 0 spiro atoms. The molecule has 0 unspecified atom stereocenters. The predicted molar refractivity (Wildman–Crippen MR) is 99.4 cm³/mol. The van der Waals surface area contributed by atoms with Crippen LogP contribution < -0.4 is 19.1 Å². The van der Waals surface area contributed by atoms with Crippen LogP contribution in [0.25, 0.3) is 0 Å². The van der Waals surface area contributed by atoms with Crippen molar-refractivity contribution in [2.75, 3.05) is 37.7 Å². The number of ether oxygens (including phenoxy) is 2. The summed E-state index contributed by atoms with van der Waals surface area (Å²) in [7, 11) is -3.64. The second kappa shape index (κ2) is 7.17. The first-order valence-electron chi connectivity index (χ1n) is 8.82. The van der Waals surface area contributed by atoms with E-state index in [4.69, 9.17) is 9.47 Å². The van der Waals surface area contributed by atoms with Gasteiger partial charge in [-0.1, -0.05) is 24.3 Å². The minimum atomic E-state index is -3.64. The molecular formula is C19H22N2O4S. The van der Waals surface area contributed by atoms with Crippen molar-refractivity contribution in [2.45, 2.75) is 11.3 Å². The van der Waals surface area contributed by atoms with Gasteiger partial charge in [0.05, 0.1) is 0 Å². The van der Waals surface area contributed by atoms with Gasteiger partial charge in [0.2, 0.25) is 10.0 Å². The molecule has 0 aromatic heterocycles. The fourth-order valence-electron chi connectivity index (χ4n) is 3.44.